The Labute approximate surface area is 129 Å². The maximum absolute atomic E-state index is 12.2. The summed E-state index contributed by atoms with van der Waals surface area (Å²) < 4.78 is 5.50. The van der Waals surface area contributed by atoms with Crippen molar-refractivity contribution in [3.8, 4) is 5.75 Å². The van der Waals surface area contributed by atoms with Crippen LogP contribution < -0.4 is 10.1 Å². The molecule has 1 aliphatic heterocycles. The fourth-order valence-corrected chi connectivity index (χ4v) is 2.47. The average Bonchev–Trinajstić information content (AvgIpc) is 2.48. The normalized spacial score (nSPS) is 18.3. The van der Waals surface area contributed by atoms with E-state index in [-0.39, 0.29) is 18.4 Å². The van der Waals surface area contributed by atoms with Gasteiger partial charge in [0, 0.05) is 18.1 Å². The molecule has 0 aromatic heterocycles. The lowest BCUT2D eigenvalue weighted by Gasteiger charge is -2.34. The highest BCUT2D eigenvalue weighted by Crippen LogP contribution is 2.21. The summed E-state index contributed by atoms with van der Waals surface area (Å²) in [6, 6.07) is 4.85. The second kappa shape index (κ2) is 6.80. The van der Waals surface area contributed by atoms with E-state index in [9.17, 15) is 9.59 Å². The molecule has 6 heteroatoms. The van der Waals surface area contributed by atoms with Gasteiger partial charge in [0.15, 0.2) is 6.61 Å². The fraction of sp³-hybridized carbons (Fsp3) is 0.467. The predicted molar refractivity (Wildman–Crippen MR) is 80.5 cm³/mol. The number of hydrogen-bond acceptors (Lipinski definition) is 3. The minimum absolute atomic E-state index is 0.0785. The van der Waals surface area contributed by atoms with Crippen LogP contribution in [0.1, 0.15) is 18.9 Å². The van der Waals surface area contributed by atoms with E-state index in [1.165, 1.54) is 0 Å². The smallest absolute Gasteiger partial charge is 0.261 e. The van der Waals surface area contributed by atoms with E-state index in [2.05, 4.69) is 5.32 Å². The molecule has 1 atom stereocenters. The Morgan fingerprint density at radius 1 is 1.52 bits per heavy atom. The summed E-state index contributed by atoms with van der Waals surface area (Å²) in [6.07, 6.45) is 0.595. The number of nitrogens with zero attached hydrogens (tertiary/aromatic N) is 1. The Balaban J connectivity index is 1.97. The van der Waals surface area contributed by atoms with Gasteiger partial charge in [-0.15, -0.1) is 0 Å². The van der Waals surface area contributed by atoms with E-state index in [0.29, 0.717) is 30.3 Å². The maximum Gasteiger partial charge on any atom is 0.261 e. The molecule has 2 rings (SSSR count). The van der Waals surface area contributed by atoms with Gasteiger partial charge in [0.1, 0.15) is 11.8 Å². The van der Waals surface area contributed by atoms with Gasteiger partial charge in [-0.25, -0.2) is 0 Å². The topological polar surface area (TPSA) is 58.6 Å². The Bertz CT molecular complexity index is 548. The number of hydrogen-bond donors (Lipinski definition) is 1. The van der Waals surface area contributed by atoms with Crippen molar-refractivity contribution in [3.05, 3.63) is 28.8 Å². The van der Waals surface area contributed by atoms with E-state index < -0.39 is 6.04 Å². The maximum atomic E-state index is 12.2. The molecular formula is C15H19ClN2O3. The molecule has 1 aromatic carbocycles. The van der Waals surface area contributed by atoms with E-state index in [0.717, 1.165) is 5.56 Å². The summed E-state index contributed by atoms with van der Waals surface area (Å²) in [7, 11) is 0. The van der Waals surface area contributed by atoms with Crippen LogP contribution in [0.5, 0.6) is 5.75 Å². The van der Waals surface area contributed by atoms with Gasteiger partial charge in [0.05, 0.1) is 0 Å². The summed E-state index contributed by atoms with van der Waals surface area (Å²) in [5, 5.41) is 3.43. The standard InChI is InChI=1S/C15H19ClN2O3/c1-3-13-15(20)17-6-7-18(13)14(19)9-21-11-4-5-12(16)10(2)8-11/h4-5,8,13H,3,6-7,9H2,1-2H3,(H,17,20). The summed E-state index contributed by atoms with van der Waals surface area (Å²) in [5.41, 5.74) is 0.894. The molecule has 1 fully saturated rings. The van der Waals surface area contributed by atoms with Crippen LogP contribution >= 0.6 is 11.6 Å². The van der Waals surface area contributed by atoms with Crippen LogP contribution in [0.4, 0.5) is 0 Å². The molecule has 114 valence electrons. The van der Waals surface area contributed by atoms with E-state index >= 15 is 0 Å². The quantitative estimate of drug-likeness (QED) is 0.922. The van der Waals surface area contributed by atoms with E-state index in [1.807, 2.05) is 13.8 Å². The Morgan fingerprint density at radius 3 is 2.95 bits per heavy atom. The third kappa shape index (κ3) is 3.67. The Morgan fingerprint density at radius 2 is 2.29 bits per heavy atom. The van der Waals surface area contributed by atoms with Crippen molar-refractivity contribution >= 4 is 23.4 Å². The van der Waals surface area contributed by atoms with Crippen LogP contribution in [0.3, 0.4) is 0 Å². The molecule has 0 spiro atoms. The number of aryl methyl sites for hydroxylation is 1. The first-order chi connectivity index (χ1) is 10.0. The zero-order valence-electron chi connectivity index (χ0n) is 12.2. The SMILES string of the molecule is CCC1C(=O)NCCN1C(=O)COc1ccc(Cl)c(C)c1. The van der Waals surface area contributed by atoms with Gasteiger partial charge >= 0.3 is 0 Å². The predicted octanol–water partition coefficient (Wildman–Crippen LogP) is 1.76. The molecule has 1 saturated heterocycles. The zero-order chi connectivity index (χ0) is 15.4. The first kappa shape index (κ1) is 15.6. The molecule has 0 bridgehead atoms. The van der Waals surface area contributed by atoms with Crippen molar-refractivity contribution in [3.63, 3.8) is 0 Å². The fourth-order valence-electron chi connectivity index (χ4n) is 2.35. The number of rotatable bonds is 4. The lowest BCUT2D eigenvalue weighted by molar-refractivity contribution is -0.144. The first-order valence-corrected chi connectivity index (χ1v) is 7.37. The third-order valence-corrected chi connectivity index (χ3v) is 3.95. The molecule has 0 saturated carbocycles. The van der Waals surface area contributed by atoms with Crippen molar-refractivity contribution in [2.24, 2.45) is 0 Å². The summed E-state index contributed by atoms with van der Waals surface area (Å²) >= 11 is 5.94. The second-order valence-electron chi connectivity index (χ2n) is 5.00. The molecule has 1 unspecified atom stereocenters. The number of benzene rings is 1. The van der Waals surface area contributed by atoms with Crippen molar-refractivity contribution in [2.45, 2.75) is 26.3 Å². The summed E-state index contributed by atoms with van der Waals surface area (Å²) in [6.45, 7) is 4.69. The minimum Gasteiger partial charge on any atom is -0.484 e. The highest BCUT2D eigenvalue weighted by Gasteiger charge is 2.31. The molecule has 1 N–H and O–H groups in total. The molecule has 5 nitrogen and oxygen atoms in total. The molecule has 21 heavy (non-hydrogen) atoms. The molecule has 0 radical (unpaired) electrons. The molecule has 1 aliphatic rings. The highest BCUT2D eigenvalue weighted by molar-refractivity contribution is 6.31. The van der Waals surface area contributed by atoms with Crippen molar-refractivity contribution in [2.75, 3.05) is 19.7 Å². The number of carbonyl (C=O) groups is 2. The van der Waals surface area contributed by atoms with Crippen molar-refractivity contribution < 1.29 is 14.3 Å². The monoisotopic (exact) mass is 310 g/mol. The highest BCUT2D eigenvalue weighted by atomic mass is 35.5. The first-order valence-electron chi connectivity index (χ1n) is 6.99. The van der Waals surface area contributed by atoms with Crippen molar-refractivity contribution in [1.82, 2.24) is 10.2 Å². The Hall–Kier alpha value is -1.75. The van der Waals surface area contributed by atoms with Crippen LogP contribution in [-0.4, -0.2) is 42.5 Å². The molecule has 2 amide bonds. The third-order valence-electron chi connectivity index (χ3n) is 3.53. The van der Waals surface area contributed by atoms with Crippen LogP contribution in [0.2, 0.25) is 5.02 Å². The molecular weight excluding hydrogens is 292 g/mol. The van der Waals surface area contributed by atoms with Crippen LogP contribution in [0, 0.1) is 6.92 Å². The largest absolute Gasteiger partial charge is 0.484 e. The van der Waals surface area contributed by atoms with Crippen LogP contribution in [-0.2, 0) is 9.59 Å². The molecule has 0 aliphatic carbocycles. The lowest BCUT2D eigenvalue weighted by Crippen LogP contribution is -2.57. The van der Waals surface area contributed by atoms with E-state index in [4.69, 9.17) is 16.3 Å². The number of halogens is 1. The van der Waals surface area contributed by atoms with Gasteiger partial charge < -0.3 is 15.0 Å². The molecule has 1 aromatic rings. The summed E-state index contributed by atoms with van der Waals surface area (Å²) in [5.74, 6) is 0.323. The van der Waals surface area contributed by atoms with Gasteiger partial charge in [-0.05, 0) is 37.1 Å². The second-order valence-corrected chi connectivity index (χ2v) is 5.41. The van der Waals surface area contributed by atoms with Gasteiger partial charge in [0.2, 0.25) is 5.91 Å². The van der Waals surface area contributed by atoms with E-state index in [1.54, 1.807) is 23.1 Å². The van der Waals surface area contributed by atoms with Gasteiger partial charge in [0.25, 0.3) is 5.91 Å². The summed E-state index contributed by atoms with van der Waals surface area (Å²) in [4.78, 5) is 25.6. The van der Waals surface area contributed by atoms with Crippen molar-refractivity contribution in [1.29, 1.82) is 0 Å². The van der Waals surface area contributed by atoms with Gasteiger partial charge in [-0.1, -0.05) is 18.5 Å². The van der Waals surface area contributed by atoms with Gasteiger partial charge in [-0.2, -0.15) is 0 Å². The van der Waals surface area contributed by atoms with Gasteiger partial charge in [-0.3, -0.25) is 9.59 Å². The number of ether oxygens (including phenoxy) is 1. The number of carbonyl (C=O) groups excluding carboxylic acids is 2. The molecule has 1 heterocycles. The number of nitrogens with one attached hydrogen (secondary N) is 1. The average molecular weight is 311 g/mol. The lowest BCUT2D eigenvalue weighted by atomic mass is 10.1. The van der Waals surface area contributed by atoms with Crippen LogP contribution in [0.25, 0.3) is 0 Å². The Kier molecular flexibility index (Phi) is 5.07. The zero-order valence-corrected chi connectivity index (χ0v) is 12.9. The number of piperazine rings is 1. The number of amides is 2. The minimum atomic E-state index is -0.401. The van der Waals surface area contributed by atoms with Crippen LogP contribution in [0.15, 0.2) is 18.2 Å².